The molecule has 2 heterocycles. The quantitative estimate of drug-likeness (QED) is 0.339. The molecule has 0 fully saturated rings. The van der Waals surface area contributed by atoms with E-state index in [1.54, 1.807) is 31.2 Å². The van der Waals surface area contributed by atoms with Crippen molar-refractivity contribution in [3.63, 3.8) is 0 Å². The van der Waals surface area contributed by atoms with E-state index in [-0.39, 0.29) is 18.3 Å². The Kier molecular flexibility index (Phi) is 6.14. The maximum absolute atomic E-state index is 12.7. The van der Waals surface area contributed by atoms with Crippen molar-refractivity contribution in [3.05, 3.63) is 64.7 Å². The molecule has 0 atom stereocenters. The minimum absolute atomic E-state index is 0.123. The molecule has 4 aromatic rings. The van der Waals surface area contributed by atoms with Crippen molar-refractivity contribution in [1.29, 1.82) is 0 Å². The lowest BCUT2D eigenvalue weighted by molar-refractivity contribution is -0.113. The Morgan fingerprint density at radius 2 is 1.84 bits per heavy atom. The number of benzene rings is 2. The Morgan fingerprint density at radius 1 is 1.06 bits per heavy atom. The zero-order chi connectivity index (χ0) is 22.8. The monoisotopic (exact) mass is 448 g/mol. The third-order valence-electron chi connectivity index (χ3n) is 5.13. The van der Waals surface area contributed by atoms with Crippen LogP contribution in [0.3, 0.4) is 0 Å². The molecule has 2 aromatic carbocycles. The van der Waals surface area contributed by atoms with E-state index in [2.05, 4.69) is 47.6 Å². The molecule has 4 rings (SSSR count). The van der Waals surface area contributed by atoms with Crippen molar-refractivity contribution < 1.29 is 14.3 Å². The normalized spacial score (nSPS) is 11.1. The second-order valence-electron chi connectivity index (χ2n) is 7.59. The van der Waals surface area contributed by atoms with Crippen LogP contribution in [-0.4, -0.2) is 38.8 Å². The number of rotatable bonds is 6. The molecular formula is C24H24N4O3S. The Hall–Kier alpha value is -3.39. The molecule has 8 heteroatoms. The fourth-order valence-corrected chi connectivity index (χ4v) is 4.49. The van der Waals surface area contributed by atoms with Crippen LogP contribution >= 0.6 is 11.8 Å². The molecule has 0 aliphatic carbocycles. The van der Waals surface area contributed by atoms with E-state index in [9.17, 15) is 9.59 Å². The second kappa shape index (κ2) is 9.00. The molecule has 164 valence electrons. The first-order chi connectivity index (χ1) is 15.4. The number of hydrogen-bond donors (Lipinski definition) is 1. The van der Waals surface area contributed by atoms with Gasteiger partial charge in [0.15, 0.2) is 10.8 Å². The Balaban J connectivity index is 1.59. The van der Waals surface area contributed by atoms with Gasteiger partial charge in [0.05, 0.1) is 29.1 Å². The number of amides is 1. The number of nitrogens with zero attached hydrogens (tertiary/aromatic N) is 3. The number of aromatic nitrogens is 3. The lowest BCUT2D eigenvalue weighted by atomic mass is 10.0. The molecule has 7 nitrogen and oxygen atoms in total. The number of carbonyl (C=O) groups is 2. The van der Waals surface area contributed by atoms with Crippen LogP contribution in [0, 0.1) is 20.8 Å². The number of para-hydroxylation sites is 1. The second-order valence-corrected chi connectivity index (χ2v) is 8.53. The average molecular weight is 449 g/mol. The van der Waals surface area contributed by atoms with E-state index in [1.165, 1.54) is 17.3 Å². The predicted molar refractivity (Wildman–Crippen MR) is 126 cm³/mol. The number of fused-ring (bicyclic) bond motifs is 3. The van der Waals surface area contributed by atoms with Crippen LogP contribution in [-0.2, 0) is 9.53 Å². The molecule has 1 amide bonds. The summed E-state index contributed by atoms with van der Waals surface area (Å²) in [4.78, 5) is 24.8. The van der Waals surface area contributed by atoms with Crippen LogP contribution in [0.5, 0.6) is 0 Å². The summed E-state index contributed by atoms with van der Waals surface area (Å²) in [6.45, 7) is 8.17. The topological polar surface area (TPSA) is 85.6 Å². The van der Waals surface area contributed by atoms with Gasteiger partial charge in [-0.2, -0.15) is 0 Å². The molecule has 0 saturated carbocycles. The first-order valence-electron chi connectivity index (χ1n) is 10.3. The molecule has 0 aliphatic rings. The summed E-state index contributed by atoms with van der Waals surface area (Å²) in [5.41, 5.74) is 5.91. The number of hydrogen-bond acceptors (Lipinski definition) is 6. The number of thioether (sulfide) groups is 1. The number of aryl methyl sites for hydroxylation is 3. The van der Waals surface area contributed by atoms with Crippen LogP contribution in [0.4, 0.5) is 5.69 Å². The van der Waals surface area contributed by atoms with Gasteiger partial charge in [0.25, 0.3) is 0 Å². The molecule has 0 spiro atoms. The summed E-state index contributed by atoms with van der Waals surface area (Å²) in [7, 11) is 0. The predicted octanol–water partition coefficient (Wildman–Crippen LogP) is 4.72. The summed E-state index contributed by atoms with van der Waals surface area (Å²) in [6.07, 6.45) is 0. The summed E-state index contributed by atoms with van der Waals surface area (Å²) in [5, 5.41) is 13.3. The zero-order valence-corrected chi connectivity index (χ0v) is 19.2. The third kappa shape index (κ3) is 4.18. The first kappa shape index (κ1) is 21.8. The van der Waals surface area contributed by atoms with Crippen molar-refractivity contribution in [2.45, 2.75) is 32.9 Å². The standard InChI is InChI=1S/C24H24N4O3S/c1-5-31-23(30)17-8-6-7-9-19(17)25-21(29)13-32-24-27-26-22-16(4)12-18-15(3)10-14(2)11-20(18)28(22)24/h6-12H,5,13H2,1-4H3,(H,25,29). The third-order valence-corrected chi connectivity index (χ3v) is 6.05. The summed E-state index contributed by atoms with van der Waals surface area (Å²) < 4.78 is 7.08. The van der Waals surface area contributed by atoms with E-state index in [4.69, 9.17) is 4.74 Å². The highest BCUT2D eigenvalue weighted by atomic mass is 32.2. The summed E-state index contributed by atoms with van der Waals surface area (Å²) in [5.74, 6) is -0.585. The maximum atomic E-state index is 12.7. The van der Waals surface area contributed by atoms with Gasteiger partial charge in [-0.25, -0.2) is 4.79 Å². The molecule has 0 aliphatic heterocycles. The number of esters is 1. The molecule has 2 aromatic heterocycles. The van der Waals surface area contributed by atoms with E-state index in [1.807, 2.05) is 11.3 Å². The molecule has 0 unspecified atom stereocenters. The highest BCUT2D eigenvalue weighted by molar-refractivity contribution is 7.99. The van der Waals surface area contributed by atoms with Crippen LogP contribution in [0.25, 0.3) is 16.6 Å². The Morgan fingerprint density at radius 3 is 2.62 bits per heavy atom. The largest absolute Gasteiger partial charge is 0.462 e. The minimum Gasteiger partial charge on any atom is -0.462 e. The van der Waals surface area contributed by atoms with Crippen LogP contribution < -0.4 is 5.32 Å². The summed E-state index contributed by atoms with van der Waals surface area (Å²) in [6, 6.07) is 13.2. The molecule has 0 radical (unpaired) electrons. The highest BCUT2D eigenvalue weighted by Gasteiger charge is 2.17. The summed E-state index contributed by atoms with van der Waals surface area (Å²) >= 11 is 1.30. The number of nitrogens with one attached hydrogen (secondary N) is 1. The number of pyridine rings is 1. The van der Waals surface area contributed by atoms with Gasteiger partial charge in [-0.3, -0.25) is 9.20 Å². The lowest BCUT2D eigenvalue weighted by Gasteiger charge is -2.11. The number of anilines is 1. The SMILES string of the molecule is CCOC(=O)c1ccccc1NC(=O)CSc1nnc2c(C)cc3c(C)cc(C)cc3n12. The van der Waals surface area contributed by atoms with Crippen LogP contribution in [0.1, 0.15) is 34.0 Å². The van der Waals surface area contributed by atoms with Gasteiger partial charge in [0.1, 0.15) is 0 Å². The van der Waals surface area contributed by atoms with Gasteiger partial charge in [-0.1, -0.05) is 30.0 Å². The minimum atomic E-state index is -0.466. The van der Waals surface area contributed by atoms with Crippen molar-refractivity contribution >= 4 is 45.9 Å². The van der Waals surface area contributed by atoms with E-state index < -0.39 is 5.97 Å². The molecule has 0 bridgehead atoms. The van der Waals surface area contributed by atoms with Gasteiger partial charge in [-0.05, 0) is 68.7 Å². The molecule has 32 heavy (non-hydrogen) atoms. The van der Waals surface area contributed by atoms with Crippen molar-refractivity contribution in [3.8, 4) is 0 Å². The molecular weight excluding hydrogens is 424 g/mol. The van der Waals surface area contributed by atoms with Crippen molar-refractivity contribution in [2.75, 3.05) is 17.7 Å². The number of ether oxygens (including phenoxy) is 1. The molecule has 1 N–H and O–H groups in total. The van der Waals surface area contributed by atoms with Gasteiger partial charge in [0, 0.05) is 5.39 Å². The average Bonchev–Trinajstić information content (AvgIpc) is 3.19. The van der Waals surface area contributed by atoms with Crippen molar-refractivity contribution in [2.24, 2.45) is 0 Å². The maximum Gasteiger partial charge on any atom is 0.340 e. The first-order valence-corrected chi connectivity index (χ1v) is 11.3. The van der Waals surface area contributed by atoms with E-state index >= 15 is 0 Å². The molecule has 0 saturated heterocycles. The highest BCUT2D eigenvalue weighted by Crippen LogP contribution is 2.28. The van der Waals surface area contributed by atoms with Gasteiger partial charge < -0.3 is 10.1 Å². The van der Waals surface area contributed by atoms with Crippen molar-refractivity contribution in [1.82, 2.24) is 14.6 Å². The van der Waals surface area contributed by atoms with Gasteiger partial charge in [-0.15, -0.1) is 10.2 Å². The fraction of sp³-hybridized carbons (Fsp3) is 0.250. The van der Waals surface area contributed by atoms with Gasteiger partial charge in [0.2, 0.25) is 5.91 Å². The van der Waals surface area contributed by atoms with Crippen LogP contribution in [0.15, 0.2) is 47.6 Å². The van der Waals surface area contributed by atoms with Gasteiger partial charge >= 0.3 is 5.97 Å². The Bertz CT molecular complexity index is 1350. The smallest absolute Gasteiger partial charge is 0.340 e. The Labute approximate surface area is 190 Å². The number of carbonyl (C=O) groups excluding carboxylic acids is 2. The van der Waals surface area contributed by atoms with E-state index in [0.717, 1.165) is 27.7 Å². The fourth-order valence-electron chi connectivity index (χ4n) is 3.74. The van der Waals surface area contributed by atoms with Crippen LogP contribution in [0.2, 0.25) is 0 Å². The van der Waals surface area contributed by atoms with E-state index in [0.29, 0.717) is 16.4 Å². The zero-order valence-electron chi connectivity index (χ0n) is 18.4. The lowest BCUT2D eigenvalue weighted by Crippen LogP contribution is -2.17.